The zero-order chi connectivity index (χ0) is 25.4. The summed E-state index contributed by atoms with van der Waals surface area (Å²) < 4.78 is 79.8. The number of nitrogens with one attached hydrogen (secondary N) is 1. The average molecular weight is 510 g/mol. The molecule has 0 radical (unpaired) electrons. The number of benzene rings is 1. The molecule has 1 fully saturated rings. The number of hydrogen-bond acceptors (Lipinski definition) is 7. The number of hydrogen-bond donors (Lipinski definition) is 2. The minimum Gasteiger partial charge on any atom is -0.469 e. The molecule has 1 aromatic carbocycles. The van der Waals surface area contributed by atoms with Gasteiger partial charge in [0.05, 0.1) is 24.5 Å². The second-order valence-electron chi connectivity index (χ2n) is 8.30. The normalized spacial score (nSPS) is 20.6. The van der Waals surface area contributed by atoms with Gasteiger partial charge in [-0.15, -0.1) is 0 Å². The number of aliphatic hydroxyl groups is 1. The number of aromatic nitrogens is 2. The van der Waals surface area contributed by atoms with E-state index in [1.165, 1.54) is 31.2 Å². The lowest BCUT2D eigenvalue weighted by Crippen LogP contribution is -2.42. The number of ether oxygens (including phenoxy) is 2. The zero-order valence-corrected chi connectivity index (χ0v) is 19.5. The highest BCUT2D eigenvalue weighted by Gasteiger charge is 2.40. The van der Waals surface area contributed by atoms with E-state index < -0.39 is 44.2 Å². The summed E-state index contributed by atoms with van der Waals surface area (Å²) in [5, 5.41) is 9.82. The van der Waals surface area contributed by atoms with Crippen molar-refractivity contribution in [3.63, 3.8) is 0 Å². The van der Waals surface area contributed by atoms with Crippen molar-refractivity contribution in [2.75, 3.05) is 17.9 Å². The van der Waals surface area contributed by atoms with Crippen LogP contribution in [0.5, 0.6) is 5.88 Å². The van der Waals surface area contributed by atoms with Crippen molar-refractivity contribution in [2.24, 2.45) is 0 Å². The first-order valence-corrected chi connectivity index (χ1v) is 12.0. The number of rotatable bonds is 6. The lowest BCUT2D eigenvalue weighted by molar-refractivity contribution is -0.137. The third kappa shape index (κ3) is 5.39. The number of halogens is 3. The molecule has 1 aliphatic rings. The van der Waals surface area contributed by atoms with Crippen LogP contribution in [0.25, 0.3) is 11.3 Å². The maximum absolute atomic E-state index is 13.6. The fourth-order valence-electron chi connectivity index (χ4n) is 3.54. The molecule has 186 valence electrons. The Hall–Kier alpha value is -3.22. The van der Waals surface area contributed by atoms with Crippen LogP contribution >= 0.6 is 0 Å². The van der Waals surface area contributed by atoms with Crippen LogP contribution < -0.4 is 9.46 Å². The summed E-state index contributed by atoms with van der Waals surface area (Å²) in [7, 11) is -4.33. The third-order valence-electron chi connectivity index (χ3n) is 5.43. The fourth-order valence-corrected chi connectivity index (χ4v) is 4.50. The monoisotopic (exact) mass is 509 g/mol. The molecule has 0 saturated carbocycles. The van der Waals surface area contributed by atoms with Crippen LogP contribution in [0.4, 0.5) is 19.0 Å². The molecule has 2 atom stereocenters. The summed E-state index contributed by atoms with van der Waals surface area (Å²) in [5.41, 5.74) is -1.90. The Morgan fingerprint density at radius 3 is 2.51 bits per heavy atom. The number of pyridine rings is 2. The molecule has 12 heteroatoms. The molecule has 0 spiro atoms. The summed E-state index contributed by atoms with van der Waals surface area (Å²) in [6.45, 7) is 3.31. The molecule has 2 N–H and O–H groups in total. The van der Waals surface area contributed by atoms with Crippen LogP contribution in [0, 0.1) is 6.92 Å². The first kappa shape index (κ1) is 24.9. The summed E-state index contributed by atoms with van der Waals surface area (Å²) in [6.07, 6.45) is -5.45. The number of sulfonamides is 1. The van der Waals surface area contributed by atoms with E-state index in [2.05, 4.69) is 14.7 Å². The van der Waals surface area contributed by atoms with E-state index in [0.29, 0.717) is 5.56 Å². The fraction of sp³-hybridized carbons (Fsp3) is 0.304. The third-order valence-corrected chi connectivity index (χ3v) is 6.69. The van der Waals surface area contributed by atoms with Crippen molar-refractivity contribution in [1.29, 1.82) is 0 Å². The Morgan fingerprint density at radius 2 is 1.86 bits per heavy atom. The molecule has 8 nitrogen and oxygen atoms in total. The minimum absolute atomic E-state index is 0.0556. The van der Waals surface area contributed by atoms with Gasteiger partial charge in [-0.25, -0.2) is 4.98 Å². The molecule has 1 saturated heterocycles. The molecule has 3 aromatic rings. The minimum atomic E-state index is -4.69. The van der Waals surface area contributed by atoms with Crippen LogP contribution in [-0.2, 0) is 20.9 Å². The van der Waals surface area contributed by atoms with E-state index in [0.717, 1.165) is 12.1 Å². The second-order valence-corrected chi connectivity index (χ2v) is 9.93. The first-order chi connectivity index (χ1) is 16.4. The van der Waals surface area contributed by atoms with E-state index in [-0.39, 0.29) is 30.5 Å². The molecule has 0 aliphatic carbocycles. The van der Waals surface area contributed by atoms with Gasteiger partial charge in [0.1, 0.15) is 11.4 Å². The Morgan fingerprint density at radius 1 is 1.11 bits per heavy atom. The van der Waals surface area contributed by atoms with Gasteiger partial charge in [-0.05, 0) is 37.6 Å². The van der Waals surface area contributed by atoms with Gasteiger partial charge in [0.2, 0.25) is 5.88 Å². The largest absolute Gasteiger partial charge is 0.469 e. The van der Waals surface area contributed by atoms with Gasteiger partial charge >= 0.3 is 6.18 Å². The van der Waals surface area contributed by atoms with E-state index in [9.17, 15) is 26.7 Å². The summed E-state index contributed by atoms with van der Waals surface area (Å²) in [5.74, 6) is -0.374. The lowest BCUT2D eigenvalue weighted by atomic mass is 10.0. The van der Waals surface area contributed by atoms with E-state index in [1.807, 2.05) is 0 Å². The van der Waals surface area contributed by atoms with Crippen molar-refractivity contribution in [2.45, 2.75) is 36.8 Å². The molecule has 0 unspecified atom stereocenters. The van der Waals surface area contributed by atoms with Gasteiger partial charge in [0.25, 0.3) is 10.0 Å². The number of anilines is 1. The van der Waals surface area contributed by atoms with Gasteiger partial charge in [0, 0.05) is 11.6 Å². The van der Waals surface area contributed by atoms with Crippen LogP contribution in [-0.4, -0.2) is 48.4 Å². The number of alkyl halides is 3. The number of nitrogens with zero attached hydrogens (tertiary/aromatic N) is 2. The highest BCUT2D eigenvalue weighted by atomic mass is 32.2. The summed E-state index contributed by atoms with van der Waals surface area (Å²) >= 11 is 0. The maximum atomic E-state index is 13.6. The molecule has 4 rings (SSSR count). The van der Waals surface area contributed by atoms with Gasteiger partial charge in [-0.3, -0.25) is 4.72 Å². The Kier molecular flexibility index (Phi) is 6.47. The Bertz CT molecular complexity index is 1350. The molecule has 35 heavy (non-hydrogen) atoms. The van der Waals surface area contributed by atoms with Crippen molar-refractivity contribution >= 4 is 15.8 Å². The molecular formula is C23H22F3N3O5S. The topological polar surface area (TPSA) is 111 Å². The molecule has 3 heterocycles. The van der Waals surface area contributed by atoms with Gasteiger partial charge in [0.15, 0.2) is 11.1 Å². The van der Waals surface area contributed by atoms with Crippen LogP contribution in [0.3, 0.4) is 0 Å². The van der Waals surface area contributed by atoms with Crippen molar-refractivity contribution < 1.29 is 36.2 Å². The van der Waals surface area contributed by atoms with Gasteiger partial charge in [-0.1, -0.05) is 30.3 Å². The second kappa shape index (κ2) is 9.10. The van der Waals surface area contributed by atoms with Crippen LogP contribution in [0.15, 0.2) is 59.6 Å². The predicted molar refractivity (Wildman–Crippen MR) is 120 cm³/mol. The SMILES string of the molecule is Cc1ccccc1-c1nc(NS(=O)(=O)c2cccc(O[C@@H]3COC[C@]3(C)O)n2)ccc1C(F)(F)F. The van der Waals surface area contributed by atoms with E-state index >= 15 is 0 Å². The van der Waals surface area contributed by atoms with Crippen LogP contribution in [0.1, 0.15) is 18.1 Å². The van der Waals surface area contributed by atoms with Crippen molar-refractivity contribution in [1.82, 2.24) is 9.97 Å². The quantitative estimate of drug-likeness (QED) is 0.520. The van der Waals surface area contributed by atoms with Gasteiger partial charge < -0.3 is 14.6 Å². The van der Waals surface area contributed by atoms with Crippen LogP contribution in [0.2, 0.25) is 0 Å². The maximum Gasteiger partial charge on any atom is 0.418 e. The smallest absolute Gasteiger partial charge is 0.418 e. The Labute approximate surface area is 199 Å². The summed E-state index contributed by atoms with van der Waals surface area (Å²) in [4.78, 5) is 7.96. The van der Waals surface area contributed by atoms with Crippen molar-refractivity contribution in [3.8, 4) is 17.1 Å². The summed E-state index contributed by atoms with van der Waals surface area (Å²) in [6, 6.07) is 12.1. The highest BCUT2D eigenvalue weighted by Crippen LogP contribution is 2.38. The molecular weight excluding hydrogens is 487 g/mol. The highest BCUT2D eigenvalue weighted by molar-refractivity contribution is 7.92. The standard InChI is InChI=1S/C23H22F3N3O5S/c1-14-6-3-4-7-15(14)21-16(23(24,25)26)10-11-18(27-21)29-35(31,32)20-9-5-8-19(28-20)34-17-12-33-13-22(17,2)30/h3-11,17,30H,12-13H2,1-2H3,(H,27,29)/t17-,22+/m1/s1. The van der Waals surface area contributed by atoms with Crippen molar-refractivity contribution in [3.05, 3.63) is 65.7 Å². The first-order valence-electron chi connectivity index (χ1n) is 10.5. The Balaban J connectivity index is 1.65. The lowest BCUT2D eigenvalue weighted by Gasteiger charge is -2.23. The molecule has 2 aromatic heterocycles. The number of aryl methyl sites for hydroxylation is 1. The van der Waals surface area contributed by atoms with Gasteiger partial charge in [-0.2, -0.15) is 26.6 Å². The van der Waals surface area contributed by atoms with E-state index in [4.69, 9.17) is 9.47 Å². The zero-order valence-electron chi connectivity index (χ0n) is 18.7. The molecule has 0 amide bonds. The molecule has 1 aliphatic heterocycles. The predicted octanol–water partition coefficient (Wildman–Crippen LogP) is 3.80. The average Bonchev–Trinajstić information content (AvgIpc) is 3.11. The van der Waals surface area contributed by atoms with E-state index in [1.54, 1.807) is 25.1 Å². The molecule has 0 bridgehead atoms.